The van der Waals surface area contributed by atoms with Crippen LogP contribution in [0.15, 0.2) is 4.99 Å². The summed E-state index contributed by atoms with van der Waals surface area (Å²) in [7, 11) is 0. The topological polar surface area (TPSA) is 24.4 Å². The van der Waals surface area contributed by atoms with Crippen LogP contribution in [0.4, 0.5) is 0 Å². The zero-order chi connectivity index (χ0) is 10.4. The number of nitrogens with zero attached hydrogens (tertiary/aromatic N) is 1. The Morgan fingerprint density at radius 2 is 2.00 bits per heavy atom. The Morgan fingerprint density at radius 3 is 2.71 bits per heavy atom. The van der Waals surface area contributed by atoms with Crippen LogP contribution in [0.5, 0.6) is 0 Å². The Kier molecular flexibility index (Phi) is 4.43. The van der Waals surface area contributed by atoms with Crippen LogP contribution in [0, 0.1) is 5.41 Å². The lowest BCUT2D eigenvalue weighted by Gasteiger charge is -2.18. The molecule has 1 aliphatic rings. The van der Waals surface area contributed by atoms with Crippen molar-refractivity contribution in [2.45, 2.75) is 52.9 Å². The van der Waals surface area contributed by atoms with Gasteiger partial charge >= 0.3 is 0 Å². The minimum Gasteiger partial charge on any atom is -0.374 e. The molecule has 14 heavy (non-hydrogen) atoms. The van der Waals surface area contributed by atoms with Crippen LogP contribution in [0.25, 0.3) is 0 Å². The number of rotatable bonds is 2. The molecule has 0 fully saturated rings. The lowest BCUT2D eigenvalue weighted by molar-refractivity contribution is 0.377. The Morgan fingerprint density at radius 1 is 1.21 bits per heavy atom. The van der Waals surface area contributed by atoms with E-state index in [4.69, 9.17) is 0 Å². The molecule has 0 unspecified atom stereocenters. The number of amidine groups is 1. The Hall–Kier alpha value is -0.530. The van der Waals surface area contributed by atoms with Crippen LogP contribution < -0.4 is 5.32 Å². The average molecular weight is 196 g/mol. The minimum absolute atomic E-state index is 0.429. The van der Waals surface area contributed by atoms with E-state index >= 15 is 0 Å². The van der Waals surface area contributed by atoms with Gasteiger partial charge in [0, 0.05) is 19.5 Å². The molecule has 1 heterocycles. The maximum absolute atomic E-state index is 4.55. The van der Waals surface area contributed by atoms with Crippen molar-refractivity contribution in [1.29, 1.82) is 0 Å². The highest BCUT2D eigenvalue weighted by Gasteiger charge is 2.10. The SMILES string of the molecule is CC(C)(C)CCNC1=NCCCCC1. The lowest BCUT2D eigenvalue weighted by Crippen LogP contribution is -2.27. The molecule has 1 aliphatic heterocycles. The van der Waals surface area contributed by atoms with Crippen molar-refractivity contribution in [3.8, 4) is 0 Å². The molecule has 0 radical (unpaired) electrons. The average Bonchev–Trinajstić information content (AvgIpc) is 2.30. The van der Waals surface area contributed by atoms with Crippen molar-refractivity contribution < 1.29 is 0 Å². The third-order valence-corrected chi connectivity index (χ3v) is 2.58. The molecule has 1 rings (SSSR count). The van der Waals surface area contributed by atoms with Gasteiger partial charge in [0.25, 0.3) is 0 Å². The molecule has 0 bridgehead atoms. The Bertz CT molecular complexity index is 189. The second kappa shape index (κ2) is 5.38. The van der Waals surface area contributed by atoms with E-state index in [1.165, 1.54) is 31.5 Å². The van der Waals surface area contributed by atoms with Gasteiger partial charge in [-0.25, -0.2) is 0 Å². The highest BCUT2D eigenvalue weighted by atomic mass is 15.0. The van der Waals surface area contributed by atoms with Crippen molar-refractivity contribution in [1.82, 2.24) is 5.32 Å². The van der Waals surface area contributed by atoms with Gasteiger partial charge in [-0.05, 0) is 24.7 Å². The van der Waals surface area contributed by atoms with Gasteiger partial charge < -0.3 is 5.32 Å². The summed E-state index contributed by atoms with van der Waals surface area (Å²) in [5.41, 5.74) is 0.429. The van der Waals surface area contributed by atoms with Gasteiger partial charge in [0.2, 0.25) is 0 Å². The molecule has 0 aromatic heterocycles. The first-order chi connectivity index (χ1) is 6.58. The van der Waals surface area contributed by atoms with Gasteiger partial charge in [0.05, 0.1) is 5.84 Å². The zero-order valence-electron chi connectivity index (χ0n) is 9.90. The highest BCUT2D eigenvalue weighted by Crippen LogP contribution is 2.17. The maximum Gasteiger partial charge on any atom is 0.0963 e. The van der Waals surface area contributed by atoms with E-state index in [9.17, 15) is 0 Å². The summed E-state index contributed by atoms with van der Waals surface area (Å²) in [4.78, 5) is 4.55. The van der Waals surface area contributed by atoms with Gasteiger partial charge in [-0.3, -0.25) is 4.99 Å². The third-order valence-electron chi connectivity index (χ3n) is 2.58. The molecular formula is C12H24N2. The molecule has 0 aliphatic carbocycles. The quantitative estimate of drug-likeness (QED) is 0.721. The van der Waals surface area contributed by atoms with Crippen LogP contribution >= 0.6 is 0 Å². The predicted octanol–water partition coefficient (Wildman–Crippen LogP) is 2.98. The summed E-state index contributed by atoms with van der Waals surface area (Å²) >= 11 is 0. The van der Waals surface area contributed by atoms with Crippen molar-refractivity contribution in [2.75, 3.05) is 13.1 Å². The van der Waals surface area contributed by atoms with Crippen molar-refractivity contribution in [3.05, 3.63) is 0 Å². The number of nitrogens with one attached hydrogen (secondary N) is 1. The van der Waals surface area contributed by atoms with Crippen molar-refractivity contribution in [3.63, 3.8) is 0 Å². The monoisotopic (exact) mass is 196 g/mol. The van der Waals surface area contributed by atoms with E-state index in [0.29, 0.717) is 5.41 Å². The molecule has 82 valence electrons. The van der Waals surface area contributed by atoms with Crippen LogP contribution in [0.2, 0.25) is 0 Å². The third kappa shape index (κ3) is 5.25. The van der Waals surface area contributed by atoms with E-state index in [1.54, 1.807) is 0 Å². The molecular weight excluding hydrogens is 172 g/mol. The molecule has 1 N–H and O–H groups in total. The number of aliphatic imine (C=N–C) groups is 1. The van der Waals surface area contributed by atoms with Crippen LogP contribution in [0.3, 0.4) is 0 Å². The molecule has 0 aromatic rings. The fraction of sp³-hybridized carbons (Fsp3) is 0.917. The second-order valence-corrected chi connectivity index (χ2v) is 5.38. The van der Waals surface area contributed by atoms with E-state index in [2.05, 4.69) is 31.1 Å². The number of hydrogen-bond acceptors (Lipinski definition) is 2. The smallest absolute Gasteiger partial charge is 0.0963 e. The van der Waals surface area contributed by atoms with Crippen LogP contribution in [-0.4, -0.2) is 18.9 Å². The van der Waals surface area contributed by atoms with Crippen molar-refractivity contribution in [2.24, 2.45) is 10.4 Å². The largest absolute Gasteiger partial charge is 0.374 e. The van der Waals surface area contributed by atoms with Gasteiger partial charge in [0.15, 0.2) is 0 Å². The van der Waals surface area contributed by atoms with Crippen LogP contribution in [0.1, 0.15) is 52.9 Å². The Labute approximate surface area is 88.2 Å². The number of hydrogen-bond donors (Lipinski definition) is 1. The maximum atomic E-state index is 4.55. The van der Waals surface area contributed by atoms with Gasteiger partial charge in [-0.15, -0.1) is 0 Å². The summed E-state index contributed by atoms with van der Waals surface area (Å²) in [6.45, 7) is 8.94. The Balaban J connectivity index is 2.20. The molecule has 0 saturated heterocycles. The standard InChI is InChI=1S/C12H24N2/c1-12(2,3)8-10-14-11-7-5-4-6-9-13-11/h4-10H2,1-3H3,(H,13,14). The zero-order valence-corrected chi connectivity index (χ0v) is 9.90. The first-order valence-corrected chi connectivity index (χ1v) is 5.85. The van der Waals surface area contributed by atoms with Crippen LogP contribution in [-0.2, 0) is 0 Å². The lowest BCUT2D eigenvalue weighted by atomic mass is 9.92. The molecule has 0 aromatic carbocycles. The van der Waals surface area contributed by atoms with Gasteiger partial charge in [0.1, 0.15) is 0 Å². The molecule has 0 amide bonds. The van der Waals surface area contributed by atoms with E-state index in [1.807, 2.05) is 0 Å². The summed E-state index contributed by atoms with van der Waals surface area (Å²) in [6, 6.07) is 0. The molecule has 0 saturated carbocycles. The van der Waals surface area contributed by atoms with E-state index in [-0.39, 0.29) is 0 Å². The summed E-state index contributed by atoms with van der Waals surface area (Å²) in [6.07, 6.45) is 6.29. The van der Waals surface area contributed by atoms with E-state index < -0.39 is 0 Å². The first kappa shape index (κ1) is 11.5. The van der Waals surface area contributed by atoms with E-state index in [0.717, 1.165) is 19.5 Å². The fourth-order valence-corrected chi connectivity index (χ4v) is 1.60. The van der Waals surface area contributed by atoms with Crippen molar-refractivity contribution >= 4 is 5.84 Å². The predicted molar refractivity (Wildman–Crippen MR) is 62.8 cm³/mol. The van der Waals surface area contributed by atoms with Gasteiger partial charge in [-0.2, -0.15) is 0 Å². The second-order valence-electron chi connectivity index (χ2n) is 5.38. The summed E-state index contributed by atoms with van der Waals surface area (Å²) in [5, 5.41) is 3.47. The van der Waals surface area contributed by atoms with Gasteiger partial charge in [-0.1, -0.05) is 27.2 Å². The first-order valence-electron chi connectivity index (χ1n) is 5.85. The molecule has 2 heteroatoms. The fourth-order valence-electron chi connectivity index (χ4n) is 1.60. The summed E-state index contributed by atoms with van der Waals surface area (Å²) in [5.74, 6) is 1.24. The molecule has 0 atom stereocenters. The minimum atomic E-state index is 0.429. The molecule has 0 spiro atoms. The highest BCUT2D eigenvalue weighted by molar-refractivity contribution is 5.82. The normalized spacial score (nSPS) is 18.6. The molecule has 2 nitrogen and oxygen atoms in total. The summed E-state index contributed by atoms with van der Waals surface area (Å²) < 4.78 is 0.